The van der Waals surface area contributed by atoms with Gasteiger partial charge in [-0.05, 0) is 36.3 Å². The number of nitrogens with one attached hydrogen (secondary N) is 3. The van der Waals surface area contributed by atoms with E-state index >= 15 is 0 Å². The van der Waals surface area contributed by atoms with E-state index in [0.717, 1.165) is 23.8 Å². The van der Waals surface area contributed by atoms with E-state index in [1.165, 1.54) is 18.6 Å². The van der Waals surface area contributed by atoms with Crippen molar-refractivity contribution in [1.82, 2.24) is 10.6 Å². The highest BCUT2D eigenvalue weighted by molar-refractivity contribution is 14.0. The fourth-order valence-electron chi connectivity index (χ4n) is 2.41. The van der Waals surface area contributed by atoms with Crippen molar-refractivity contribution in [3.8, 4) is 0 Å². The van der Waals surface area contributed by atoms with Crippen molar-refractivity contribution in [2.45, 2.75) is 38.5 Å². The number of carbonyl (C=O) groups is 1. The van der Waals surface area contributed by atoms with E-state index in [1.807, 2.05) is 49.9 Å². The highest BCUT2D eigenvalue weighted by Gasteiger charge is 2.15. The van der Waals surface area contributed by atoms with Crippen LogP contribution in [0.4, 0.5) is 5.69 Å². The molecule has 1 aliphatic rings. The van der Waals surface area contributed by atoms with Crippen LogP contribution in [-0.2, 0) is 11.3 Å². The summed E-state index contributed by atoms with van der Waals surface area (Å²) in [5, 5.41) is 10.3. The number of anilines is 1. The van der Waals surface area contributed by atoms with Crippen molar-refractivity contribution in [2.75, 3.05) is 24.7 Å². The Balaban J connectivity index is 0.00000312. The third kappa shape index (κ3) is 7.85. The van der Waals surface area contributed by atoms with Gasteiger partial charge in [0.2, 0.25) is 5.91 Å². The number of benzene rings is 1. The van der Waals surface area contributed by atoms with Crippen molar-refractivity contribution in [3.63, 3.8) is 0 Å². The van der Waals surface area contributed by atoms with Gasteiger partial charge in [-0.1, -0.05) is 26.0 Å². The van der Waals surface area contributed by atoms with E-state index in [1.54, 1.807) is 7.05 Å². The van der Waals surface area contributed by atoms with Gasteiger partial charge in [0, 0.05) is 37.0 Å². The van der Waals surface area contributed by atoms with Gasteiger partial charge in [0.25, 0.3) is 0 Å². The van der Waals surface area contributed by atoms with Crippen molar-refractivity contribution in [3.05, 3.63) is 29.8 Å². The van der Waals surface area contributed by atoms with Gasteiger partial charge in [-0.2, -0.15) is 11.8 Å². The maximum atomic E-state index is 11.7. The van der Waals surface area contributed by atoms with Crippen LogP contribution in [0.5, 0.6) is 0 Å². The van der Waals surface area contributed by atoms with E-state index in [9.17, 15) is 4.79 Å². The van der Waals surface area contributed by atoms with E-state index < -0.39 is 0 Å². The van der Waals surface area contributed by atoms with Crippen molar-refractivity contribution >= 4 is 53.3 Å². The number of nitrogens with zero attached hydrogens (tertiary/aromatic N) is 1. The Morgan fingerprint density at radius 1 is 1.28 bits per heavy atom. The predicted octanol–water partition coefficient (Wildman–Crippen LogP) is 3.46. The number of hydrogen-bond donors (Lipinski definition) is 3. The molecule has 0 spiro atoms. The van der Waals surface area contributed by atoms with Crippen LogP contribution in [0.25, 0.3) is 0 Å². The molecule has 0 radical (unpaired) electrons. The summed E-state index contributed by atoms with van der Waals surface area (Å²) in [6, 6.07) is 7.90. The van der Waals surface area contributed by atoms with Crippen LogP contribution in [0.3, 0.4) is 0 Å². The van der Waals surface area contributed by atoms with Gasteiger partial charge in [0.15, 0.2) is 5.96 Å². The van der Waals surface area contributed by atoms with Crippen molar-refractivity contribution in [1.29, 1.82) is 0 Å². The molecule has 0 aromatic heterocycles. The molecule has 1 saturated heterocycles. The maximum Gasteiger partial charge on any atom is 0.226 e. The monoisotopic (exact) mass is 476 g/mol. The Morgan fingerprint density at radius 2 is 2.00 bits per heavy atom. The molecule has 5 nitrogen and oxygen atoms in total. The van der Waals surface area contributed by atoms with Crippen LogP contribution in [0.15, 0.2) is 29.3 Å². The molecule has 1 atom stereocenters. The smallest absolute Gasteiger partial charge is 0.226 e. The van der Waals surface area contributed by atoms with Gasteiger partial charge < -0.3 is 16.0 Å². The van der Waals surface area contributed by atoms with Crippen LogP contribution < -0.4 is 16.0 Å². The quantitative estimate of drug-likeness (QED) is 0.334. The largest absolute Gasteiger partial charge is 0.355 e. The molecule has 140 valence electrons. The highest BCUT2D eigenvalue weighted by Crippen LogP contribution is 2.25. The number of hydrogen-bond acceptors (Lipinski definition) is 3. The molecule has 0 saturated carbocycles. The van der Waals surface area contributed by atoms with Crippen LogP contribution in [0.2, 0.25) is 0 Å². The molecule has 7 heteroatoms. The first kappa shape index (κ1) is 22.1. The average Bonchev–Trinajstić information content (AvgIpc) is 3.09. The lowest BCUT2D eigenvalue weighted by Gasteiger charge is -2.15. The van der Waals surface area contributed by atoms with Gasteiger partial charge in [0.1, 0.15) is 0 Å². The number of guanidine groups is 1. The Bertz CT molecular complexity index is 557. The van der Waals surface area contributed by atoms with Crippen molar-refractivity contribution < 1.29 is 4.79 Å². The Hall–Kier alpha value is -0.960. The highest BCUT2D eigenvalue weighted by atomic mass is 127. The number of halogens is 1. The zero-order valence-corrected chi connectivity index (χ0v) is 18.3. The number of rotatable bonds is 6. The molecule has 1 aliphatic heterocycles. The van der Waals surface area contributed by atoms with E-state index in [4.69, 9.17) is 0 Å². The molecule has 0 bridgehead atoms. The van der Waals surface area contributed by atoms with Crippen LogP contribution in [0, 0.1) is 5.92 Å². The van der Waals surface area contributed by atoms with Gasteiger partial charge in [-0.15, -0.1) is 24.0 Å². The molecule has 1 heterocycles. The number of aliphatic imine (C=N–C) groups is 1. The predicted molar refractivity (Wildman–Crippen MR) is 119 cm³/mol. The molecule has 0 aliphatic carbocycles. The average molecular weight is 476 g/mol. The lowest BCUT2D eigenvalue weighted by Crippen LogP contribution is -2.39. The zero-order chi connectivity index (χ0) is 17.4. The molecular weight excluding hydrogens is 447 g/mol. The van der Waals surface area contributed by atoms with E-state index in [0.29, 0.717) is 11.8 Å². The maximum absolute atomic E-state index is 11.7. The molecular formula is C18H29IN4OS. The van der Waals surface area contributed by atoms with Crippen LogP contribution >= 0.6 is 35.7 Å². The minimum atomic E-state index is -0.0150. The molecule has 1 fully saturated rings. The number of amides is 1. The Morgan fingerprint density at radius 3 is 2.56 bits per heavy atom. The number of thioether (sulfide) groups is 1. The molecule has 1 aromatic carbocycles. The second-order valence-electron chi connectivity index (χ2n) is 6.28. The first-order valence-electron chi connectivity index (χ1n) is 8.54. The SMILES string of the molecule is CN=C(NCc1ccc(NC(=O)C(C)C)cc1)NCC1CCCS1.I. The third-order valence-corrected chi connectivity index (χ3v) is 5.35. The summed E-state index contributed by atoms with van der Waals surface area (Å²) in [4.78, 5) is 16.0. The molecule has 2 rings (SSSR count). The van der Waals surface area contributed by atoms with E-state index in [-0.39, 0.29) is 35.8 Å². The topological polar surface area (TPSA) is 65.5 Å². The fraction of sp³-hybridized carbons (Fsp3) is 0.556. The molecule has 1 amide bonds. The van der Waals surface area contributed by atoms with Gasteiger partial charge in [-0.3, -0.25) is 9.79 Å². The molecule has 1 aromatic rings. The van der Waals surface area contributed by atoms with Gasteiger partial charge in [-0.25, -0.2) is 0 Å². The fourth-order valence-corrected chi connectivity index (χ4v) is 3.62. The first-order valence-corrected chi connectivity index (χ1v) is 9.59. The van der Waals surface area contributed by atoms with Gasteiger partial charge in [0.05, 0.1) is 0 Å². The standard InChI is InChI=1S/C18H28N4OS.HI/c1-13(2)17(23)22-15-8-6-14(7-9-15)11-20-18(19-3)21-12-16-5-4-10-24-16;/h6-9,13,16H,4-5,10-12H2,1-3H3,(H,22,23)(H2,19,20,21);1H. The summed E-state index contributed by atoms with van der Waals surface area (Å²) in [7, 11) is 1.79. The molecule has 25 heavy (non-hydrogen) atoms. The Labute approximate surface area is 172 Å². The summed E-state index contributed by atoms with van der Waals surface area (Å²) in [6.07, 6.45) is 2.61. The van der Waals surface area contributed by atoms with Crippen LogP contribution in [0.1, 0.15) is 32.3 Å². The third-order valence-electron chi connectivity index (χ3n) is 3.95. The summed E-state index contributed by atoms with van der Waals surface area (Å²) >= 11 is 2.04. The van der Waals surface area contributed by atoms with Gasteiger partial charge >= 0.3 is 0 Å². The summed E-state index contributed by atoms with van der Waals surface area (Å²) < 4.78 is 0. The first-order chi connectivity index (χ1) is 11.6. The summed E-state index contributed by atoms with van der Waals surface area (Å²) in [5.41, 5.74) is 1.98. The number of carbonyl (C=O) groups excluding carboxylic acids is 1. The van der Waals surface area contributed by atoms with Crippen molar-refractivity contribution in [2.24, 2.45) is 10.9 Å². The Kier molecular flexibility index (Phi) is 10.3. The zero-order valence-electron chi connectivity index (χ0n) is 15.2. The lowest BCUT2D eigenvalue weighted by atomic mass is 10.1. The summed E-state index contributed by atoms with van der Waals surface area (Å²) in [6.45, 7) is 5.44. The minimum absolute atomic E-state index is 0. The lowest BCUT2D eigenvalue weighted by molar-refractivity contribution is -0.118. The summed E-state index contributed by atoms with van der Waals surface area (Å²) in [5.74, 6) is 2.13. The second kappa shape index (κ2) is 11.6. The van der Waals surface area contributed by atoms with Crippen LogP contribution in [-0.4, -0.2) is 36.5 Å². The van der Waals surface area contributed by atoms with E-state index in [2.05, 4.69) is 20.9 Å². The molecule has 3 N–H and O–H groups in total. The second-order valence-corrected chi connectivity index (χ2v) is 7.69. The minimum Gasteiger partial charge on any atom is -0.355 e. The normalized spacial score (nSPS) is 17.1. The molecule has 1 unspecified atom stereocenters.